The SMILES string of the molecule is COC(=O)Cn1nc2ccc(N3CC[C@@H](Oc4ccc(OCC5CC5)nc4)C3=O)cc2n1. The predicted molar refractivity (Wildman–Crippen MR) is 113 cm³/mol. The van der Waals surface area contributed by atoms with Crippen LogP contribution in [-0.2, 0) is 20.9 Å². The third-order valence-corrected chi connectivity index (χ3v) is 5.52. The van der Waals surface area contributed by atoms with Gasteiger partial charge in [-0.05, 0) is 43.0 Å². The topological polar surface area (TPSA) is 109 Å². The maximum atomic E-state index is 12.9. The molecule has 166 valence electrons. The average molecular weight is 437 g/mol. The van der Waals surface area contributed by atoms with Gasteiger partial charge in [-0.1, -0.05) is 0 Å². The number of benzene rings is 1. The van der Waals surface area contributed by atoms with E-state index in [1.807, 2.05) is 6.07 Å². The fourth-order valence-corrected chi connectivity index (χ4v) is 3.56. The van der Waals surface area contributed by atoms with E-state index in [-0.39, 0.29) is 12.5 Å². The Labute approximate surface area is 184 Å². The van der Waals surface area contributed by atoms with E-state index in [9.17, 15) is 9.59 Å². The first-order valence-electron chi connectivity index (χ1n) is 10.6. The number of amides is 1. The van der Waals surface area contributed by atoms with Gasteiger partial charge in [-0.2, -0.15) is 15.0 Å². The Kier molecular flexibility index (Phi) is 5.34. The smallest absolute Gasteiger partial charge is 0.329 e. The van der Waals surface area contributed by atoms with Crippen LogP contribution in [0, 0.1) is 5.92 Å². The van der Waals surface area contributed by atoms with Gasteiger partial charge in [0.15, 0.2) is 12.6 Å². The molecule has 32 heavy (non-hydrogen) atoms. The van der Waals surface area contributed by atoms with E-state index in [2.05, 4.69) is 19.9 Å². The summed E-state index contributed by atoms with van der Waals surface area (Å²) < 4.78 is 16.2. The largest absolute Gasteiger partial charge is 0.479 e. The molecule has 1 aromatic carbocycles. The highest BCUT2D eigenvalue weighted by molar-refractivity contribution is 6.00. The highest BCUT2D eigenvalue weighted by atomic mass is 16.5. The summed E-state index contributed by atoms with van der Waals surface area (Å²) in [6.45, 7) is 1.16. The lowest BCUT2D eigenvalue weighted by atomic mass is 10.2. The molecule has 2 aromatic heterocycles. The molecule has 1 aliphatic carbocycles. The van der Waals surface area contributed by atoms with Crippen molar-refractivity contribution in [1.29, 1.82) is 0 Å². The van der Waals surface area contributed by atoms with Crippen molar-refractivity contribution in [3.8, 4) is 11.6 Å². The van der Waals surface area contributed by atoms with Gasteiger partial charge in [-0.25, -0.2) is 9.78 Å². The molecule has 5 rings (SSSR count). The molecular weight excluding hydrogens is 414 g/mol. The molecule has 0 radical (unpaired) electrons. The zero-order valence-electron chi connectivity index (χ0n) is 17.6. The highest BCUT2D eigenvalue weighted by Crippen LogP contribution is 2.30. The molecule has 1 amide bonds. The first-order chi connectivity index (χ1) is 15.6. The van der Waals surface area contributed by atoms with E-state index >= 15 is 0 Å². The summed E-state index contributed by atoms with van der Waals surface area (Å²) in [4.78, 5) is 31.6. The van der Waals surface area contributed by atoms with Crippen LogP contribution < -0.4 is 14.4 Å². The van der Waals surface area contributed by atoms with Crippen LogP contribution in [0.2, 0.25) is 0 Å². The molecule has 3 aromatic rings. The maximum absolute atomic E-state index is 12.9. The molecule has 10 heteroatoms. The van der Waals surface area contributed by atoms with E-state index in [0.29, 0.717) is 53.8 Å². The van der Waals surface area contributed by atoms with Gasteiger partial charge < -0.3 is 19.1 Å². The third-order valence-electron chi connectivity index (χ3n) is 5.52. The second-order valence-corrected chi connectivity index (χ2v) is 7.95. The molecule has 1 aliphatic heterocycles. The standard InChI is InChI=1S/C22H23N5O5/c1-30-21(28)12-27-24-17-6-4-15(10-18(17)25-27)26-9-8-19(22(26)29)32-16-5-7-20(23-11-16)31-13-14-2-3-14/h4-7,10-11,14,19H,2-3,8-9,12-13H2,1H3/t19-/m1/s1. The summed E-state index contributed by atoms with van der Waals surface area (Å²) in [5.41, 5.74) is 1.93. The number of aromatic nitrogens is 4. The van der Waals surface area contributed by atoms with E-state index in [1.54, 1.807) is 35.4 Å². The lowest BCUT2D eigenvalue weighted by Crippen LogP contribution is -2.32. The number of esters is 1. The summed E-state index contributed by atoms with van der Waals surface area (Å²) >= 11 is 0. The molecule has 1 saturated heterocycles. The fraction of sp³-hybridized carbons (Fsp3) is 0.409. The number of methoxy groups -OCH3 is 1. The van der Waals surface area contributed by atoms with Crippen molar-refractivity contribution in [3.05, 3.63) is 36.5 Å². The number of pyridine rings is 1. The van der Waals surface area contributed by atoms with Crippen LogP contribution in [0.1, 0.15) is 19.3 Å². The van der Waals surface area contributed by atoms with Crippen molar-refractivity contribution in [1.82, 2.24) is 20.0 Å². The van der Waals surface area contributed by atoms with Gasteiger partial charge in [0.05, 0.1) is 19.9 Å². The van der Waals surface area contributed by atoms with Crippen molar-refractivity contribution >= 4 is 28.6 Å². The predicted octanol–water partition coefficient (Wildman–Crippen LogP) is 1.97. The van der Waals surface area contributed by atoms with Crippen LogP contribution in [0.25, 0.3) is 11.0 Å². The molecule has 1 atom stereocenters. The minimum atomic E-state index is -0.583. The lowest BCUT2D eigenvalue weighted by Gasteiger charge is -2.17. The molecule has 0 N–H and O–H groups in total. The van der Waals surface area contributed by atoms with Crippen molar-refractivity contribution in [2.24, 2.45) is 5.92 Å². The number of carbonyl (C=O) groups is 2. The van der Waals surface area contributed by atoms with Gasteiger partial charge in [0, 0.05) is 24.7 Å². The Balaban J connectivity index is 1.23. The molecule has 2 fully saturated rings. The Morgan fingerprint density at radius 1 is 1.12 bits per heavy atom. The van der Waals surface area contributed by atoms with Gasteiger partial charge in [-0.15, -0.1) is 0 Å². The number of fused-ring (bicyclic) bond motifs is 1. The van der Waals surface area contributed by atoms with Crippen molar-refractivity contribution in [2.45, 2.75) is 31.9 Å². The van der Waals surface area contributed by atoms with E-state index in [4.69, 9.17) is 9.47 Å². The van der Waals surface area contributed by atoms with Crippen LogP contribution in [0.15, 0.2) is 36.5 Å². The number of carbonyl (C=O) groups excluding carboxylic acids is 2. The minimum absolute atomic E-state index is 0.0719. The molecule has 0 unspecified atom stereocenters. The van der Waals surface area contributed by atoms with Crippen molar-refractivity contribution in [2.75, 3.05) is 25.2 Å². The zero-order valence-corrected chi connectivity index (χ0v) is 17.6. The number of ether oxygens (including phenoxy) is 3. The monoisotopic (exact) mass is 437 g/mol. The first kappa shape index (κ1) is 20.2. The summed E-state index contributed by atoms with van der Waals surface area (Å²) in [6, 6.07) is 8.91. The quantitative estimate of drug-likeness (QED) is 0.492. The molecule has 1 saturated carbocycles. The lowest BCUT2D eigenvalue weighted by molar-refractivity contribution is -0.141. The molecular formula is C22H23N5O5. The summed E-state index contributed by atoms with van der Waals surface area (Å²) in [7, 11) is 1.31. The number of nitrogens with zero attached hydrogens (tertiary/aromatic N) is 5. The molecule has 0 bridgehead atoms. The second-order valence-electron chi connectivity index (χ2n) is 7.95. The number of hydrogen-bond acceptors (Lipinski definition) is 8. The van der Waals surface area contributed by atoms with E-state index < -0.39 is 12.1 Å². The number of anilines is 1. The summed E-state index contributed by atoms with van der Waals surface area (Å²) in [5, 5.41) is 8.55. The molecule has 3 heterocycles. The van der Waals surface area contributed by atoms with Crippen LogP contribution >= 0.6 is 0 Å². The summed E-state index contributed by atoms with van der Waals surface area (Å²) in [5.74, 6) is 1.20. The highest BCUT2D eigenvalue weighted by Gasteiger charge is 2.34. The normalized spacial score (nSPS) is 18.2. The average Bonchev–Trinajstić information content (AvgIpc) is 3.45. The van der Waals surface area contributed by atoms with Gasteiger partial charge in [-0.3, -0.25) is 4.79 Å². The van der Waals surface area contributed by atoms with Gasteiger partial charge >= 0.3 is 5.97 Å². The van der Waals surface area contributed by atoms with Gasteiger partial charge in [0.25, 0.3) is 5.91 Å². The van der Waals surface area contributed by atoms with Crippen LogP contribution in [0.5, 0.6) is 11.6 Å². The Morgan fingerprint density at radius 3 is 2.72 bits per heavy atom. The van der Waals surface area contributed by atoms with Crippen LogP contribution in [-0.4, -0.2) is 58.2 Å². The number of rotatable bonds is 8. The van der Waals surface area contributed by atoms with Gasteiger partial charge in [0.2, 0.25) is 5.88 Å². The van der Waals surface area contributed by atoms with E-state index in [0.717, 1.165) is 0 Å². The van der Waals surface area contributed by atoms with Gasteiger partial charge in [0.1, 0.15) is 16.8 Å². The van der Waals surface area contributed by atoms with Crippen LogP contribution in [0.3, 0.4) is 0 Å². The second kappa shape index (κ2) is 8.45. The number of hydrogen-bond donors (Lipinski definition) is 0. The Morgan fingerprint density at radius 2 is 1.97 bits per heavy atom. The first-order valence-corrected chi connectivity index (χ1v) is 10.6. The third kappa shape index (κ3) is 4.34. The van der Waals surface area contributed by atoms with Crippen LogP contribution in [0.4, 0.5) is 5.69 Å². The Hall–Kier alpha value is -3.69. The Bertz CT molecular complexity index is 1140. The van der Waals surface area contributed by atoms with E-state index in [1.165, 1.54) is 24.7 Å². The minimum Gasteiger partial charge on any atom is -0.479 e. The summed E-state index contributed by atoms with van der Waals surface area (Å²) in [6.07, 6.45) is 4.01. The fourth-order valence-electron chi connectivity index (χ4n) is 3.56. The maximum Gasteiger partial charge on any atom is 0.329 e. The molecule has 10 nitrogen and oxygen atoms in total. The molecule has 2 aliphatic rings. The van der Waals surface area contributed by atoms with Crippen molar-refractivity contribution in [3.63, 3.8) is 0 Å². The zero-order chi connectivity index (χ0) is 22.1. The van der Waals surface area contributed by atoms with Crippen molar-refractivity contribution < 1.29 is 23.8 Å². The molecule has 0 spiro atoms.